The molecule has 0 saturated heterocycles. The highest BCUT2D eigenvalue weighted by atomic mass is 15.0. The first kappa shape index (κ1) is 32.8. The average molecular weight is 740 g/mol. The van der Waals surface area contributed by atoms with Gasteiger partial charge in [0, 0.05) is 45.0 Å². The minimum Gasteiger partial charge on any atom is -0.309 e. The van der Waals surface area contributed by atoms with E-state index in [2.05, 4.69) is 194 Å². The largest absolute Gasteiger partial charge is 0.309 e. The van der Waals surface area contributed by atoms with Gasteiger partial charge in [0.1, 0.15) is 0 Å². The second-order valence-corrected chi connectivity index (χ2v) is 16.2. The summed E-state index contributed by atoms with van der Waals surface area (Å²) in [6.07, 6.45) is 3.58. The summed E-state index contributed by atoms with van der Waals surface area (Å²) in [5.41, 5.74) is 18.0. The van der Waals surface area contributed by atoms with Gasteiger partial charge in [-0.3, -0.25) is 9.97 Å². The highest BCUT2D eigenvalue weighted by Crippen LogP contribution is 2.51. The standard InChI is InChI=1S/C55H37N3/c1-55(2)49-32-38(36-11-9-10-35(30-36)34-18-23-40(24-19-34)58-51-16-7-5-13-44(51)45-14-6-8-17-52(45)58)20-25-42(49)43-26-21-39(33-50(43)55)37-22-27-47-48(31-37)41-12-3-4-15-46(41)53-54(47)57-29-28-56-53/h3-33H,1-2H3. The lowest BCUT2D eigenvalue weighted by molar-refractivity contribution is 0.661. The summed E-state index contributed by atoms with van der Waals surface area (Å²) in [4.78, 5) is 9.49. The number of aromatic nitrogens is 3. The fraction of sp³-hybridized carbons (Fsp3) is 0.0545. The zero-order valence-corrected chi connectivity index (χ0v) is 32.2. The van der Waals surface area contributed by atoms with E-state index in [1.165, 1.54) is 93.9 Å². The monoisotopic (exact) mass is 739 g/mol. The molecule has 2 aromatic heterocycles. The van der Waals surface area contributed by atoms with E-state index in [-0.39, 0.29) is 5.41 Å². The maximum atomic E-state index is 4.77. The summed E-state index contributed by atoms with van der Waals surface area (Å²) >= 11 is 0. The SMILES string of the molecule is CC1(C)c2cc(-c3cccc(-c4ccc(-n5c6ccccc6c6ccccc65)cc4)c3)ccc2-c2ccc(-c3ccc4c(c3)c3ccccc3c3nccnc43)cc21. The van der Waals surface area contributed by atoms with Crippen LogP contribution in [-0.4, -0.2) is 14.5 Å². The summed E-state index contributed by atoms with van der Waals surface area (Å²) in [7, 11) is 0. The molecular formula is C55H37N3. The van der Waals surface area contributed by atoms with Crippen molar-refractivity contribution in [2.45, 2.75) is 19.3 Å². The van der Waals surface area contributed by atoms with Gasteiger partial charge in [-0.15, -0.1) is 0 Å². The van der Waals surface area contributed by atoms with Crippen LogP contribution in [0.2, 0.25) is 0 Å². The molecule has 0 spiro atoms. The number of rotatable bonds is 4. The molecular weight excluding hydrogens is 703 g/mol. The van der Waals surface area contributed by atoms with Crippen molar-refractivity contribution in [2.24, 2.45) is 0 Å². The highest BCUT2D eigenvalue weighted by molar-refractivity contribution is 6.23. The Labute approximate surface area is 336 Å². The maximum Gasteiger partial charge on any atom is 0.0971 e. The Hall–Kier alpha value is -7.36. The first-order valence-corrected chi connectivity index (χ1v) is 20.1. The van der Waals surface area contributed by atoms with Crippen molar-refractivity contribution in [2.75, 3.05) is 0 Å². The number of hydrogen-bond acceptors (Lipinski definition) is 2. The minimum atomic E-state index is -0.160. The number of hydrogen-bond donors (Lipinski definition) is 0. The van der Waals surface area contributed by atoms with Gasteiger partial charge in [0.05, 0.1) is 22.1 Å². The Morgan fingerprint density at radius 3 is 1.45 bits per heavy atom. The summed E-state index contributed by atoms with van der Waals surface area (Å²) in [6.45, 7) is 4.75. The van der Waals surface area contributed by atoms with Crippen molar-refractivity contribution in [1.29, 1.82) is 0 Å². The van der Waals surface area contributed by atoms with E-state index >= 15 is 0 Å². The van der Waals surface area contributed by atoms with Crippen molar-refractivity contribution < 1.29 is 0 Å². The Bertz CT molecular complexity index is 3390. The molecule has 272 valence electrons. The fourth-order valence-corrected chi connectivity index (χ4v) is 9.79. The van der Waals surface area contributed by atoms with Gasteiger partial charge in [0.15, 0.2) is 0 Å². The summed E-state index contributed by atoms with van der Waals surface area (Å²) in [5, 5.41) is 7.23. The van der Waals surface area contributed by atoms with E-state index in [0.717, 1.165) is 21.8 Å². The van der Waals surface area contributed by atoms with Crippen LogP contribution in [0.25, 0.3) is 105 Å². The van der Waals surface area contributed by atoms with Gasteiger partial charge in [0.25, 0.3) is 0 Å². The van der Waals surface area contributed by atoms with Crippen LogP contribution in [-0.2, 0) is 5.41 Å². The van der Waals surface area contributed by atoms with E-state index in [1.54, 1.807) is 12.4 Å². The second-order valence-electron chi connectivity index (χ2n) is 16.2. The Kier molecular flexibility index (Phi) is 6.98. The van der Waals surface area contributed by atoms with Crippen molar-refractivity contribution in [3.8, 4) is 50.2 Å². The van der Waals surface area contributed by atoms with Crippen molar-refractivity contribution in [3.05, 3.63) is 199 Å². The molecule has 12 rings (SSSR count). The molecule has 3 nitrogen and oxygen atoms in total. The second kappa shape index (κ2) is 12.3. The van der Waals surface area contributed by atoms with Crippen LogP contribution in [0.1, 0.15) is 25.0 Å². The first-order chi connectivity index (χ1) is 28.5. The lowest BCUT2D eigenvalue weighted by atomic mass is 9.80. The Balaban J connectivity index is 0.881. The maximum absolute atomic E-state index is 4.77. The normalized spacial score (nSPS) is 13.1. The van der Waals surface area contributed by atoms with Crippen LogP contribution in [0.15, 0.2) is 188 Å². The zero-order chi connectivity index (χ0) is 38.5. The van der Waals surface area contributed by atoms with Gasteiger partial charge in [-0.2, -0.15) is 0 Å². The Morgan fingerprint density at radius 2 is 0.828 bits per heavy atom. The number of fused-ring (bicyclic) bond motifs is 12. The van der Waals surface area contributed by atoms with Crippen molar-refractivity contribution in [1.82, 2.24) is 14.5 Å². The topological polar surface area (TPSA) is 30.7 Å². The van der Waals surface area contributed by atoms with E-state index in [0.29, 0.717) is 0 Å². The lowest BCUT2D eigenvalue weighted by Gasteiger charge is -2.23. The fourth-order valence-electron chi connectivity index (χ4n) is 9.79. The molecule has 0 aliphatic heterocycles. The molecule has 2 heterocycles. The lowest BCUT2D eigenvalue weighted by Crippen LogP contribution is -2.15. The quantitative estimate of drug-likeness (QED) is 0.168. The molecule has 1 aliphatic rings. The molecule has 1 aliphatic carbocycles. The molecule has 11 aromatic rings. The Morgan fingerprint density at radius 1 is 0.362 bits per heavy atom. The van der Waals surface area contributed by atoms with E-state index in [1.807, 2.05) is 0 Å². The predicted molar refractivity (Wildman–Crippen MR) is 243 cm³/mol. The predicted octanol–water partition coefficient (Wildman–Crippen LogP) is 14.3. The molecule has 0 fully saturated rings. The third-order valence-electron chi connectivity index (χ3n) is 12.7. The van der Waals surface area contributed by atoms with Crippen LogP contribution < -0.4 is 0 Å². The molecule has 9 aromatic carbocycles. The molecule has 0 N–H and O–H groups in total. The molecule has 0 radical (unpaired) electrons. The molecule has 0 amide bonds. The van der Waals surface area contributed by atoms with Gasteiger partial charge in [0.2, 0.25) is 0 Å². The molecule has 58 heavy (non-hydrogen) atoms. The molecule has 0 atom stereocenters. The zero-order valence-electron chi connectivity index (χ0n) is 32.2. The van der Waals surface area contributed by atoms with Gasteiger partial charge >= 0.3 is 0 Å². The van der Waals surface area contributed by atoms with Gasteiger partial charge < -0.3 is 4.57 Å². The minimum absolute atomic E-state index is 0.160. The number of benzene rings is 9. The molecule has 0 saturated carbocycles. The summed E-state index contributed by atoms with van der Waals surface area (Å²) in [6, 6.07) is 64.8. The van der Waals surface area contributed by atoms with E-state index in [9.17, 15) is 0 Å². The van der Waals surface area contributed by atoms with E-state index < -0.39 is 0 Å². The molecule has 0 unspecified atom stereocenters. The highest BCUT2D eigenvalue weighted by Gasteiger charge is 2.36. The van der Waals surface area contributed by atoms with Crippen molar-refractivity contribution in [3.63, 3.8) is 0 Å². The third-order valence-corrected chi connectivity index (χ3v) is 12.7. The molecule has 3 heteroatoms. The summed E-state index contributed by atoms with van der Waals surface area (Å²) in [5.74, 6) is 0. The smallest absolute Gasteiger partial charge is 0.0971 e. The molecule has 0 bridgehead atoms. The van der Waals surface area contributed by atoms with Crippen LogP contribution >= 0.6 is 0 Å². The number of para-hydroxylation sites is 2. The van der Waals surface area contributed by atoms with Crippen LogP contribution in [0.5, 0.6) is 0 Å². The van der Waals surface area contributed by atoms with Crippen LogP contribution in [0, 0.1) is 0 Å². The first-order valence-electron chi connectivity index (χ1n) is 20.1. The van der Waals surface area contributed by atoms with Crippen LogP contribution in [0.4, 0.5) is 0 Å². The van der Waals surface area contributed by atoms with Crippen LogP contribution in [0.3, 0.4) is 0 Å². The third kappa shape index (κ3) is 4.80. The summed E-state index contributed by atoms with van der Waals surface area (Å²) < 4.78 is 2.37. The van der Waals surface area contributed by atoms with Gasteiger partial charge in [-0.1, -0.05) is 141 Å². The van der Waals surface area contributed by atoms with Gasteiger partial charge in [-0.05, 0) is 115 Å². The van der Waals surface area contributed by atoms with E-state index in [4.69, 9.17) is 9.97 Å². The van der Waals surface area contributed by atoms with Gasteiger partial charge in [-0.25, -0.2) is 0 Å². The number of nitrogens with zero attached hydrogens (tertiary/aromatic N) is 3. The average Bonchev–Trinajstić information content (AvgIpc) is 3.74. The van der Waals surface area contributed by atoms with Crippen molar-refractivity contribution >= 4 is 54.4 Å².